The summed E-state index contributed by atoms with van der Waals surface area (Å²) in [6.07, 6.45) is 6.32. The van der Waals surface area contributed by atoms with Gasteiger partial charge < -0.3 is 9.16 Å². The third-order valence-electron chi connectivity index (χ3n) is 4.51. The predicted molar refractivity (Wildman–Crippen MR) is 114 cm³/mol. The summed E-state index contributed by atoms with van der Waals surface area (Å²) < 4.78 is 11.5. The average Bonchev–Trinajstić information content (AvgIpc) is 2.36. The SMILES string of the molecule is CC(C)(C)OC(=O)C=N[C@@H](/C=C/CCO[Si](C)(C)C(C)(C)C)C(C)(C)C. The number of carbonyl (C=O) groups excluding carboxylic acids is 1. The van der Waals surface area contributed by atoms with Crippen LogP contribution in [-0.4, -0.2) is 38.8 Å². The van der Waals surface area contributed by atoms with Crippen LogP contribution < -0.4 is 0 Å². The van der Waals surface area contributed by atoms with E-state index in [0.717, 1.165) is 13.0 Å². The molecule has 0 saturated heterocycles. The Hall–Kier alpha value is -0.943. The smallest absolute Gasteiger partial charge is 0.349 e. The van der Waals surface area contributed by atoms with Crippen molar-refractivity contribution in [3.8, 4) is 0 Å². The van der Waals surface area contributed by atoms with Gasteiger partial charge in [0.05, 0.1) is 6.04 Å². The number of hydrogen-bond acceptors (Lipinski definition) is 4. The summed E-state index contributed by atoms with van der Waals surface area (Å²) in [5.41, 5.74) is -0.577. The van der Waals surface area contributed by atoms with Crippen molar-refractivity contribution in [1.82, 2.24) is 0 Å². The second-order valence-corrected chi connectivity index (χ2v) is 15.3. The Labute approximate surface area is 162 Å². The Bertz CT molecular complexity index is 503. The maximum Gasteiger partial charge on any atom is 0.349 e. The van der Waals surface area contributed by atoms with Crippen molar-refractivity contribution in [1.29, 1.82) is 0 Å². The summed E-state index contributed by atoms with van der Waals surface area (Å²) in [5.74, 6) is -0.401. The lowest BCUT2D eigenvalue weighted by Gasteiger charge is -2.36. The fraction of sp³-hybridized carbons (Fsp3) is 0.810. The average molecular weight is 384 g/mol. The lowest BCUT2D eigenvalue weighted by atomic mass is 9.87. The van der Waals surface area contributed by atoms with E-state index >= 15 is 0 Å². The molecule has 0 fully saturated rings. The standard InChI is InChI=1S/C21H41NO3Si/c1-19(2,3)17(22-16-18(23)25-20(4,5)6)14-12-13-15-24-26(10,11)21(7,8)9/h12,14,16-17H,13,15H2,1-11H3/b14-12+,22-16?/t17-/m0/s1. The van der Waals surface area contributed by atoms with Crippen molar-refractivity contribution in [3.05, 3.63) is 12.2 Å². The Kier molecular flexibility index (Phi) is 8.98. The van der Waals surface area contributed by atoms with Gasteiger partial charge in [0.25, 0.3) is 0 Å². The summed E-state index contributed by atoms with van der Waals surface area (Å²) >= 11 is 0. The van der Waals surface area contributed by atoms with Crippen LogP contribution in [-0.2, 0) is 14.0 Å². The van der Waals surface area contributed by atoms with Gasteiger partial charge in [-0.3, -0.25) is 4.99 Å². The second-order valence-electron chi connectivity index (χ2n) is 10.4. The van der Waals surface area contributed by atoms with Gasteiger partial charge in [-0.15, -0.1) is 0 Å². The molecule has 0 saturated carbocycles. The lowest BCUT2D eigenvalue weighted by Crippen LogP contribution is -2.40. The first kappa shape index (κ1) is 25.1. The van der Waals surface area contributed by atoms with Gasteiger partial charge in [0.1, 0.15) is 11.8 Å². The van der Waals surface area contributed by atoms with E-state index in [1.807, 2.05) is 20.8 Å². The highest BCUT2D eigenvalue weighted by molar-refractivity contribution is 6.74. The van der Waals surface area contributed by atoms with Crippen LogP contribution in [0.25, 0.3) is 0 Å². The molecule has 0 aliphatic heterocycles. The van der Waals surface area contributed by atoms with Gasteiger partial charge in [-0.2, -0.15) is 0 Å². The van der Waals surface area contributed by atoms with Crippen LogP contribution in [0.1, 0.15) is 68.7 Å². The van der Waals surface area contributed by atoms with Gasteiger partial charge >= 0.3 is 5.97 Å². The molecule has 152 valence electrons. The Morgan fingerprint density at radius 1 is 1.04 bits per heavy atom. The van der Waals surface area contributed by atoms with Crippen LogP contribution in [0, 0.1) is 5.41 Å². The van der Waals surface area contributed by atoms with Crippen LogP contribution in [0.2, 0.25) is 18.1 Å². The number of aliphatic imine (C=N–C) groups is 1. The zero-order valence-electron chi connectivity index (χ0n) is 18.9. The number of esters is 1. The Morgan fingerprint density at radius 3 is 2.00 bits per heavy atom. The topological polar surface area (TPSA) is 47.9 Å². The van der Waals surface area contributed by atoms with E-state index in [9.17, 15) is 4.79 Å². The number of hydrogen-bond donors (Lipinski definition) is 0. The minimum Gasteiger partial charge on any atom is -0.456 e. The molecule has 0 aliphatic rings. The first-order valence-electron chi connectivity index (χ1n) is 9.52. The van der Waals surface area contributed by atoms with E-state index < -0.39 is 19.9 Å². The molecule has 0 rings (SSSR count). The van der Waals surface area contributed by atoms with Crippen LogP contribution in [0.5, 0.6) is 0 Å². The molecule has 1 atom stereocenters. The van der Waals surface area contributed by atoms with Gasteiger partial charge in [0, 0.05) is 6.61 Å². The second kappa shape index (κ2) is 9.31. The molecular formula is C21H41NO3Si. The molecule has 0 radical (unpaired) electrons. The fourth-order valence-corrected chi connectivity index (χ4v) is 2.92. The van der Waals surface area contributed by atoms with Crippen LogP contribution >= 0.6 is 0 Å². The molecule has 0 amide bonds. The summed E-state index contributed by atoms with van der Waals surface area (Å²) in [5, 5.41) is 0.225. The summed E-state index contributed by atoms with van der Waals surface area (Å²) in [6, 6.07) is -0.0807. The van der Waals surface area contributed by atoms with E-state index in [1.165, 1.54) is 6.21 Å². The van der Waals surface area contributed by atoms with Crippen molar-refractivity contribution in [2.45, 2.75) is 98.5 Å². The molecule has 26 heavy (non-hydrogen) atoms. The van der Waals surface area contributed by atoms with E-state index in [-0.39, 0.29) is 16.5 Å². The number of nitrogens with zero attached hydrogens (tertiary/aromatic N) is 1. The monoisotopic (exact) mass is 383 g/mol. The number of ether oxygens (including phenoxy) is 1. The van der Waals surface area contributed by atoms with Gasteiger partial charge in [-0.25, -0.2) is 4.79 Å². The lowest BCUT2D eigenvalue weighted by molar-refractivity contribution is -0.145. The summed E-state index contributed by atoms with van der Waals surface area (Å²) in [4.78, 5) is 16.3. The molecule has 0 heterocycles. The summed E-state index contributed by atoms with van der Waals surface area (Å²) in [6.45, 7) is 23.9. The minimum atomic E-state index is -1.70. The predicted octanol–water partition coefficient (Wildman–Crippen LogP) is 5.78. The molecule has 4 nitrogen and oxygen atoms in total. The first-order chi connectivity index (χ1) is 11.5. The zero-order chi connectivity index (χ0) is 20.8. The molecule has 0 unspecified atom stereocenters. The van der Waals surface area contributed by atoms with Crippen LogP contribution in [0.3, 0.4) is 0 Å². The first-order valence-corrected chi connectivity index (χ1v) is 12.4. The molecule has 0 spiro atoms. The van der Waals surface area contributed by atoms with Gasteiger partial charge in [-0.1, -0.05) is 53.7 Å². The largest absolute Gasteiger partial charge is 0.456 e. The van der Waals surface area contributed by atoms with Crippen molar-refractivity contribution in [3.63, 3.8) is 0 Å². The molecular weight excluding hydrogens is 342 g/mol. The van der Waals surface area contributed by atoms with Crippen molar-refractivity contribution < 1.29 is 14.0 Å². The Morgan fingerprint density at radius 2 is 1.58 bits per heavy atom. The fourth-order valence-electron chi connectivity index (χ4n) is 1.86. The van der Waals surface area contributed by atoms with Crippen molar-refractivity contribution >= 4 is 20.5 Å². The Balaban J connectivity index is 4.75. The van der Waals surface area contributed by atoms with Gasteiger partial charge in [0.2, 0.25) is 0 Å². The quantitative estimate of drug-likeness (QED) is 0.184. The van der Waals surface area contributed by atoms with Crippen LogP contribution in [0.4, 0.5) is 0 Å². The maximum absolute atomic E-state index is 11.9. The highest BCUT2D eigenvalue weighted by Crippen LogP contribution is 2.36. The number of carbonyl (C=O) groups is 1. The highest BCUT2D eigenvalue weighted by Gasteiger charge is 2.36. The van der Waals surface area contributed by atoms with Crippen molar-refractivity contribution in [2.24, 2.45) is 10.4 Å². The normalized spacial score (nSPS) is 15.7. The van der Waals surface area contributed by atoms with E-state index in [4.69, 9.17) is 9.16 Å². The molecule has 5 heteroatoms. The summed E-state index contributed by atoms with van der Waals surface area (Å²) in [7, 11) is -1.70. The molecule has 0 bridgehead atoms. The minimum absolute atomic E-state index is 0.0741. The van der Waals surface area contributed by atoms with E-state index in [1.54, 1.807) is 0 Å². The highest BCUT2D eigenvalue weighted by atomic mass is 28.4. The molecule has 0 aromatic carbocycles. The molecule has 0 N–H and O–H groups in total. The third-order valence-corrected chi connectivity index (χ3v) is 9.04. The number of rotatable bonds is 7. The third kappa shape index (κ3) is 10.3. The molecule has 0 aliphatic carbocycles. The van der Waals surface area contributed by atoms with Gasteiger partial charge in [-0.05, 0) is 50.7 Å². The molecule has 0 aromatic rings. The molecule has 0 aromatic heterocycles. The zero-order valence-corrected chi connectivity index (χ0v) is 19.9. The van der Waals surface area contributed by atoms with E-state index in [0.29, 0.717) is 0 Å². The van der Waals surface area contributed by atoms with E-state index in [2.05, 4.69) is 71.8 Å². The maximum atomic E-state index is 11.9. The van der Waals surface area contributed by atoms with Crippen LogP contribution in [0.15, 0.2) is 17.1 Å². The van der Waals surface area contributed by atoms with Gasteiger partial charge in [0.15, 0.2) is 8.32 Å². The van der Waals surface area contributed by atoms with Crippen molar-refractivity contribution in [2.75, 3.05) is 6.61 Å².